The third kappa shape index (κ3) is 6.12. The molecule has 0 aromatic heterocycles. The molecule has 1 aromatic carbocycles. The first-order valence-corrected chi connectivity index (χ1v) is 8.71. The van der Waals surface area contributed by atoms with E-state index in [1.807, 2.05) is 13.8 Å². The van der Waals surface area contributed by atoms with E-state index in [0.717, 1.165) is 6.42 Å². The predicted octanol–water partition coefficient (Wildman–Crippen LogP) is 3.76. The number of nitrogens with one attached hydrogen (secondary N) is 1. The quantitative estimate of drug-likeness (QED) is 0.654. The maximum absolute atomic E-state index is 12.3. The second-order valence-corrected chi connectivity index (χ2v) is 6.67. The Balaban J connectivity index is 2.86. The Morgan fingerprint density at radius 2 is 1.92 bits per heavy atom. The molecule has 0 fully saturated rings. The molecule has 0 heterocycles. The first-order chi connectivity index (χ1) is 11.7. The summed E-state index contributed by atoms with van der Waals surface area (Å²) in [7, 11) is 0. The fraction of sp³-hybridized carbons (Fsp3) is 0.556. The van der Waals surface area contributed by atoms with Crippen molar-refractivity contribution in [2.75, 3.05) is 19.8 Å². The maximum Gasteiger partial charge on any atom is 0.309 e. The lowest BCUT2D eigenvalue weighted by Crippen LogP contribution is -2.32. The lowest BCUT2D eigenvalue weighted by Gasteiger charge is -2.19. The standard InChI is InChI=1S/C18H26ClNO5/c1-5-9-25-15-13(19)10-12(11-14(15)24-6-2)16(21)20-8-7-18(3,4)17(22)23/h10-11H,5-9H2,1-4H3,(H,20,21)(H,22,23). The minimum absolute atomic E-state index is 0.244. The number of carboxylic acids is 1. The number of carboxylic acid groups (broad SMARTS) is 1. The van der Waals surface area contributed by atoms with Crippen molar-refractivity contribution in [1.29, 1.82) is 0 Å². The van der Waals surface area contributed by atoms with Gasteiger partial charge in [0, 0.05) is 12.1 Å². The molecule has 1 aromatic rings. The molecule has 6 nitrogen and oxygen atoms in total. The molecule has 0 bridgehead atoms. The fourth-order valence-corrected chi connectivity index (χ4v) is 2.27. The number of ether oxygens (including phenoxy) is 2. The number of aliphatic carboxylic acids is 1. The van der Waals surface area contributed by atoms with E-state index in [9.17, 15) is 9.59 Å². The van der Waals surface area contributed by atoms with E-state index in [0.29, 0.717) is 41.7 Å². The molecule has 0 saturated carbocycles. The van der Waals surface area contributed by atoms with Crippen molar-refractivity contribution in [1.82, 2.24) is 5.32 Å². The van der Waals surface area contributed by atoms with Crippen molar-refractivity contribution in [3.8, 4) is 11.5 Å². The zero-order valence-electron chi connectivity index (χ0n) is 15.1. The molecule has 0 aliphatic rings. The molecule has 1 rings (SSSR count). The Kier molecular flexibility index (Phi) is 8.03. The highest BCUT2D eigenvalue weighted by molar-refractivity contribution is 6.32. The predicted molar refractivity (Wildman–Crippen MR) is 96.8 cm³/mol. The second-order valence-electron chi connectivity index (χ2n) is 6.26. The summed E-state index contributed by atoms with van der Waals surface area (Å²) in [6.07, 6.45) is 1.14. The highest BCUT2D eigenvalue weighted by Crippen LogP contribution is 2.36. The Morgan fingerprint density at radius 3 is 2.48 bits per heavy atom. The lowest BCUT2D eigenvalue weighted by atomic mass is 9.90. The molecule has 0 unspecified atom stereocenters. The average Bonchev–Trinajstić information content (AvgIpc) is 2.53. The zero-order valence-corrected chi connectivity index (χ0v) is 15.9. The van der Waals surface area contributed by atoms with Crippen LogP contribution in [-0.4, -0.2) is 36.7 Å². The van der Waals surface area contributed by atoms with E-state index in [1.54, 1.807) is 19.9 Å². The van der Waals surface area contributed by atoms with E-state index in [-0.39, 0.29) is 12.5 Å². The Hall–Kier alpha value is -1.95. The average molecular weight is 372 g/mol. The van der Waals surface area contributed by atoms with Crippen LogP contribution in [0.15, 0.2) is 12.1 Å². The topological polar surface area (TPSA) is 84.9 Å². The van der Waals surface area contributed by atoms with Gasteiger partial charge in [0.1, 0.15) is 0 Å². The van der Waals surface area contributed by atoms with Crippen molar-refractivity contribution >= 4 is 23.5 Å². The highest BCUT2D eigenvalue weighted by Gasteiger charge is 2.26. The van der Waals surface area contributed by atoms with E-state index in [4.69, 9.17) is 26.2 Å². The van der Waals surface area contributed by atoms with Gasteiger partial charge >= 0.3 is 5.97 Å². The van der Waals surface area contributed by atoms with Crippen molar-refractivity contribution in [3.63, 3.8) is 0 Å². The summed E-state index contributed by atoms with van der Waals surface area (Å²) in [4.78, 5) is 23.4. The third-order valence-corrected chi connectivity index (χ3v) is 3.92. The number of carbonyl (C=O) groups is 2. The van der Waals surface area contributed by atoms with E-state index in [1.165, 1.54) is 6.07 Å². The summed E-state index contributed by atoms with van der Waals surface area (Å²) in [5.74, 6) is -0.402. The van der Waals surface area contributed by atoms with E-state index in [2.05, 4.69) is 5.32 Å². The van der Waals surface area contributed by atoms with Gasteiger partial charge < -0.3 is 19.9 Å². The van der Waals surface area contributed by atoms with Gasteiger partial charge in [-0.3, -0.25) is 9.59 Å². The van der Waals surface area contributed by atoms with Crippen molar-refractivity contribution in [3.05, 3.63) is 22.7 Å². The summed E-state index contributed by atoms with van der Waals surface area (Å²) >= 11 is 6.24. The summed E-state index contributed by atoms with van der Waals surface area (Å²) in [5.41, 5.74) is -0.565. The van der Waals surface area contributed by atoms with Crippen LogP contribution in [0.2, 0.25) is 5.02 Å². The molecule has 140 valence electrons. The number of hydrogen-bond acceptors (Lipinski definition) is 4. The normalized spacial score (nSPS) is 11.1. The van der Waals surface area contributed by atoms with Gasteiger partial charge in [0.25, 0.3) is 5.91 Å². The summed E-state index contributed by atoms with van der Waals surface area (Å²) in [5, 5.41) is 12.1. The Labute approximate surface area is 153 Å². The number of rotatable bonds is 10. The smallest absolute Gasteiger partial charge is 0.309 e. The van der Waals surface area contributed by atoms with Crippen LogP contribution in [0.1, 0.15) is 50.9 Å². The van der Waals surface area contributed by atoms with Crippen molar-refractivity contribution < 1.29 is 24.2 Å². The largest absolute Gasteiger partial charge is 0.490 e. The van der Waals surface area contributed by atoms with Crippen LogP contribution >= 0.6 is 11.6 Å². The Morgan fingerprint density at radius 1 is 1.24 bits per heavy atom. The fourth-order valence-electron chi connectivity index (χ4n) is 2.00. The molecule has 0 aliphatic carbocycles. The van der Waals surface area contributed by atoms with Gasteiger partial charge in [-0.25, -0.2) is 0 Å². The molecule has 0 atom stereocenters. The summed E-state index contributed by atoms with van der Waals surface area (Å²) < 4.78 is 11.1. The molecule has 0 spiro atoms. The molecule has 1 amide bonds. The minimum atomic E-state index is -0.904. The van der Waals surface area contributed by atoms with Gasteiger partial charge in [-0.15, -0.1) is 0 Å². The number of halogens is 1. The lowest BCUT2D eigenvalue weighted by molar-refractivity contribution is -0.147. The van der Waals surface area contributed by atoms with Gasteiger partial charge in [-0.1, -0.05) is 18.5 Å². The molecule has 0 saturated heterocycles. The molecule has 25 heavy (non-hydrogen) atoms. The van der Waals surface area contributed by atoms with Crippen LogP contribution in [0.5, 0.6) is 11.5 Å². The van der Waals surface area contributed by atoms with Crippen LogP contribution in [-0.2, 0) is 4.79 Å². The van der Waals surface area contributed by atoms with Crippen LogP contribution in [0.4, 0.5) is 0 Å². The molecular weight excluding hydrogens is 346 g/mol. The molecular formula is C18H26ClNO5. The van der Waals surface area contributed by atoms with Gasteiger partial charge in [0.2, 0.25) is 0 Å². The van der Waals surface area contributed by atoms with Gasteiger partial charge in [0.15, 0.2) is 11.5 Å². The SMILES string of the molecule is CCCOc1c(Cl)cc(C(=O)NCCC(C)(C)C(=O)O)cc1OCC. The highest BCUT2D eigenvalue weighted by atomic mass is 35.5. The monoisotopic (exact) mass is 371 g/mol. The van der Waals surface area contributed by atoms with Crippen molar-refractivity contribution in [2.24, 2.45) is 5.41 Å². The van der Waals surface area contributed by atoms with Crippen molar-refractivity contribution in [2.45, 2.75) is 40.5 Å². The number of amides is 1. The van der Waals surface area contributed by atoms with E-state index < -0.39 is 11.4 Å². The van der Waals surface area contributed by atoms with E-state index >= 15 is 0 Å². The first-order valence-electron chi connectivity index (χ1n) is 8.33. The summed E-state index contributed by atoms with van der Waals surface area (Å²) in [6.45, 7) is 8.20. The molecule has 2 N–H and O–H groups in total. The molecule has 0 radical (unpaired) electrons. The van der Waals surface area contributed by atoms with Crippen LogP contribution in [0.25, 0.3) is 0 Å². The summed E-state index contributed by atoms with van der Waals surface area (Å²) in [6, 6.07) is 3.10. The maximum atomic E-state index is 12.3. The van der Waals surface area contributed by atoms with Crippen LogP contribution < -0.4 is 14.8 Å². The van der Waals surface area contributed by atoms with Crippen LogP contribution in [0, 0.1) is 5.41 Å². The molecule has 7 heteroatoms. The number of carbonyl (C=O) groups excluding carboxylic acids is 1. The third-order valence-electron chi connectivity index (χ3n) is 3.64. The number of hydrogen-bond donors (Lipinski definition) is 2. The van der Waals surface area contributed by atoms with Gasteiger partial charge in [-0.05, 0) is 45.7 Å². The second kappa shape index (κ2) is 9.51. The van der Waals surface area contributed by atoms with Gasteiger partial charge in [-0.2, -0.15) is 0 Å². The minimum Gasteiger partial charge on any atom is -0.490 e. The Bertz CT molecular complexity index is 616. The first kappa shape index (κ1) is 21.1. The molecule has 0 aliphatic heterocycles. The zero-order chi connectivity index (χ0) is 19.0. The van der Waals surface area contributed by atoms with Gasteiger partial charge in [0.05, 0.1) is 23.7 Å². The number of benzene rings is 1. The van der Waals surface area contributed by atoms with Crippen LogP contribution in [0.3, 0.4) is 0 Å².